The van der Waals surface area contributed by atoms with Crippen LogP contribution in [0.25, 0.3) is 0 Å². The van der Waals surface area contributed by atoms with Crippen molar-refractivity contribution in [3.05, 3.63) is 0 Å². The predicted molar refractivity (Wildman–Crippen MR) is 54.3 cm³/mol. The summed E-state index contributed by atoms with van der Waals surface area (Å²) in [6, 6.07) is 1.78. The quantitative estimate of drug-likeness (QED) is 0.452. The van der Waals surface area contributed by atoms with Gasteiger partial charge in [-0.25, -0.2) is 0 Å². The SMILES string of the molecule is CC(C)CCCCC1C(C)N1C. The van der Waals surface area contributed by atoms with Crippen LogP contribution in [0, 0.1) is 5.92 Å². The Labute approximate surface area is 77.1 Å². The molecule has 0 radical (unpaired) electrons. The van der Waals surface area contributed by atoms with Gasteiger partial charge < -0.3 is 0 Å². The molecule has 0 N–H and O–H groups in total. The molecule has 0 saturated carbocycles. The van der Waals surface area contributed by atoms with Crippen molar-refractivity contribution in [2.75, 3.05) is 7.05 Å². The minimum absolute atomic E-state index is 0.865. The average molecular weight is 169 g/mol. The third-order valence-electron chi connectivity index (χ3n) is 3.16. The number of rotatable bonds is 5. The van der Waals surface area contributed by atoms with Gasteiger partial charge in [0.1, 0.15) is 0 Å². The molecule has 1 rings (SSSR count). The summed E-state index contributed by atoms with van der Waals surface area (Å²) >= 11 is 0. The average Bonchev–Trinajstić information content (AvgIpc) is 2.54. The number of hydrogen-bond acceptors (Lipinski definition) is 1. The number of hydrogen-bond donors (Lipinski definition) is 0. The molecule has 0 amide bonds. The van der Waals surface area contributed by atoms with Gasteiger partial charge in [0.15, 0.2) is 0 Å². The van der Waals surface area contributed by atoms with Gasteiger partial charge in [0.05, 0.1) is 0 Å². The summed E-state index contributed by atoms with van der Waals surface area (Å²) in [5.74, 6) is 0.888. The highest BCUT2D eigenvalue weighted by atomic mass is 15.3. The minimum atomic E-state index is 0.865. The molecule has 1 aliphatic heterocycles. The van der Waals surface area contributed by atoms with Gasteiger partial charge >= 0.3 is 0 Å². The molecule has 0 spiro atoms. The van der Waals surface area contributed by atoms with Gasteiger partial charge in [0.25, 0.3) is 0 Å². The Hall–Kier alpha value is -0.0400. The maximum absolute atomic E-state index is 2.47. The Balaban J connectivity index is 1.91. The van der Waals surface area contributed by atoms with E-state index < -0.39 is 0 Å². The first kappa shape index (κ1) is 10.0. The zero-order chi connectivity index (χ0) is 9.14. The van der Waals surface area contributed by atoms with Crippen molar-refractivity contribution in [1.29, 1.82) is 0 Å². The summed E-state index contributed by atoms with van der Waals surface area (Å²) in [5.41, 5.74) is 0. The Morgan fingerprint density at radius 1 is 1.25 bits per heavy atom. The summed E-state index contributed by atoms with van der Waals surface area (Å²) in [6.45, 7) is 6.95. The van der Waals surface area contributed by atoms with E-state index in [0.29, 0.717) is 0 Å². The Kier molecular flexibility index (Phi) is 3.57. The molecule has 0 bridgehead atoms. The number of unbranched alkanes of at least 4 members (excludes halogenated alkanes) is 1. The Morgan fingerprint density at radius 2 is 1.83 bits per heavy atom. The van der Waals surface area contributed by atoms with E-state index in [1.807, 2.05) is 0 Å². The minimum Gasteiger partial charge on any atom is -0.298 e. The lowest BCUT2D eigenvalue weighted by molar-refractivity contribution is 0.502. The molecule has 1 heteroatoms. The lowest BCUT2D eigenvalue weighted by atomic mass is 10.0. The van der Waals surface area contributed by atoms with Crippen molar-refractivity contribution >= 4 is 0 Å². The molecule has 3 atom stereocenters. The molecule has 1 nitrogen and oxygen atoms in total. The summed E-state index contributed by atoms with van der Waals surface area (Å²) in [6.07, 6.45) is 5.68. The maximum atomic E-state index is 2.47. The van der Waals surface area contributed by atoms with E-state index in [1.54, 1.807) is 0 Å². The van der Waals surface area contributed by atoms with Crippen LogP contribution in [0.5, 0.6) is 0 Å². The Bertz CT molecular complexity index is 123. The van der Waals surface area contributed by atoms with E-state index in [9.17, 15) is 0 Å². The molecule has 0 aromatic heterocycles. The second-order valence-electron chi connectivity index (χ2n) is 4.65. The molecule has 0 aliphatic carbocycles. The van der Waals surface area contributed by atoms with Gasteiger partial charge in [-0.2, -0.15) is 0 Å². The van der Waals surface area contributed by atoms with Crippen LogP contribution in [0.1, 0.15) is 46.5 Å². The molecule has 72 valence electrons. The normalized spacial score (nSPS) is 34.2. The van der Waals surface area contributed by atoms with Crippen molar-refractivity contribution in [3.8, 4) is 0 Å². The van der Waals surface area contributed by atoms with E-state index in [-0.39, 0.29) is 0 Å². The monoisotopic (exact) mass is 169 g/mol. The first-order chi connectivity index (χ1) is 5.63. The maximum Gasteiger partial charge on any atom is 0.0249 e. The zero-order valence-electron chi connectivity index (χ0n) is 9.01. The van der Waals surface area contributed by atoms with E-state index in [2.05, 4.69) is 32.7 Å². The first-order valence-electron chi connectivity index (χ1n) is 5.35. The van der Waals surface area contributed by atoms with Gasteiger partial charge in [-0.05, 0) is 26.3 Å². The van der Waals surface area contributed by atoms with Crippen molar-refractivity contribution < 1.29 is 0 Å². The van der Waals surface area contributed by atoms with Crippen molar-refractivity contribution in [2.45, 2.75) is 58.5 Å². The molecule has 1 saturated heterocycles. The van der Waals surface area contributed by atoms with Crippen LogP contribution in [-0.4, -0.2) is 24.0 Å². The number of likely N-dealkylation sites (N-methyl/N-ethyl adjacent to an activating group) is 1. The lowest BCUT2D eigenvalue weighted by Crippen LogP contribution is -1.94. The van der Waals surface area contributed by atoms with Gasteiger partial charge in [-0.3, -0.25) is 4.90 Å². The molecule has 1 fully saturated rings. The third kappa shape index (κ3) is 2.78. The molecule has 1 aliphatic rings. The van der Waals surface area contributed by atoms with Gasteiger partial charge in [0.2, 0.25) is 0 Å². The van der Waals surface area contributed by atoms with Crippen molar-refractivity contribution in [1.82, 2.24) is 4.90 Å². The fourth-order valence-corrected chi connectivity index (χ4v) is 1.92. The predicted octanol–water partition coefficient (Wildman–Crippen LogP) is 2.91. The van der Waals surface area contributed by atoms with Gasteiger partial charge in [0, 0.05) is 12.1 Å². The number of nitrogens with zero attached hydrogens (tertiary/aromatic N) is 1. The molecular formula is C11H23N. The molecule has 3 unspecified atom stereocenters. The zero-order valence-corrected chi connectivity index (χ0v) is 9.01. The molecule has 12 heavy (non-hydrogen) atoms. The molecule has 1 heterocycles. The lowest BCUT2D eigenvalue weighted by Gasteiger charge is -2.03. The first-order valence-corrected chi connectivity index (χ1v) is 5.35. The van der Waals surface area contributed by atoms with Crippen LogP contribution in [0.4, 0.5) is 0 Å². The Morgan fingerprint density at radius 3 is 2.25 bits per heavy atom. The van der Waals surface area contributed by atoms with Crippen molar-refractivity contribution in [2.24, 2.45) is 5.92 Å². The van der Waals surface area contributed by atoms with E-state index >= 15 is 0 Å². The summed E-state index contributed by atoms with van der Waals surface area (Å²) in [7, 11) is 2.23. The highest BCUT2D eigenvalue weighted by Crippen LogP contribution is 2.29. The van der Waals surface area contributed by atoms with E-state index in [1.165, 1.54) is 25.7 Å². The fourth-order valence-electron chi connectivity index (χ4n) is 1.92. The van der Waals surface area contributed by atoms with Crippen LogP contribution in [0.2, 0.25) is 0 Å². The fraction of sp³-hybridized carbons (Fsp3) is 1.00. The van der Waals surface area contributed by atoms with Crippen LogP contribution in [0.3, 0.4) is 0 Å². The van der Waals surface area contributed by atoms with Crippen LogP contribution in [0.15, 0.2) is 0 Å². The molecule has 0 aromatic rings. The van der Waals surface area contributed by atoms with E-state index in [0.717, 1.165) is 18.0 Å². The van der Waals surface area contributed by atoms with Gasteiger partial charge in [-0.15, -0.1) is 0 Å². The topological polar surface area (TPSA) is 3.01 Å². The molecular weight excluding hydrogens is 146 g/mol. The highest BCUT2D eigenvalue weighted by Gasteiger charge is 2.38. The summed E-state index contributed by atoms with van der Waals surface area (Å²) in [5, 5.41) is 0. The highest BCUT2D eigenvalue weighted by molar-refractivity contribution is 4.95. The van der Waals surface area contributed by atoms with Gasteiger partial charge in [-0.1, -0.05) is 33.1 Å². The van der Waals surface area contributed by atoms with Crippen molar-refractivity contribution in [3.63, 3.8) is 0 Å². The third-order valence-corrected chi connectivity index (χ3v) is 3.16. The summed E-state index contributed by atoms with van der Waals surface area (Å²) < 4.78 is 0. The van der Waals surface area contributed by atoms with Crippen LogP contribution < -0.4 is 0 Å². The second kappa shape index (κ2) is 4.27. The standard InChI is InChI=1S/C11H23N/c1-9(2)7-5-6-8-11-10(3)12(11)4/h9-11H,5-8H2,1-4H3. The molecule has 0 aromatic carbocycles. The van der Waals surface area contributed by atoms with E-state index in [4.69, 9.17) is 0 Å². The largest absolute Gasteiger partial charge is 0.298 e. The smallest absolute Gasteiger partial charge is 0.0249 e. The second-order valence-corrected chi connectivity index (χ2v) is 4.65. The van der Waals surface area contributed by atoms with Crippen LogP contribution >= 0.6 is 0 Å². The summed E-state index contributed by atoms with van der Waals surface area (Å²) in [4.78, 5) is 2.47. The van der Waals surface area contributed by atoms with Crippen LogP contribution in [-0.2, 0) is 0 Å².